The number of carbonyl (C=O) groups excluding carboxylic acids is 1. The first-order valence-corrected chi connectivity index (χ1v) is 7.35. The van der Waals surface area contributed by atoms with Gasteiger partial charge in [-0.1, -0.05) is 0 Å². The van der Waals surface area contributed by atoms with Crippen LogP contribution in [0.1, 0.15) is 25.7 Å². The molecule has 0 spiro atoms. The van der Waals surface area contributed by atoms with Crippen molar-refractivity contribution in [3.8, 4) is 0 Å². The van der Waals surface area contributed by atoms with Crippen LogP contribution >= 0.6 is 0 Å². The number of anilines is 1. The molecule has 0 aromatic carbocycles. The van der Waals surface area contributed by atoms with Crippen LogP contribution in [0.25, 0.3) is 5.65 Å². The maximum absolute atomic E-state index is 12.0. The molecule has 0 unspecified atom stereocenters. The molecule has 0 atom stereocenters. The monoisotopic (exact) mass is 302 g/mol. The Morgan fingerprint density at radius 1 is 1.23 bits per heavy atom. The molecule has 2 aromatic rings. The average Bonchev–Trinajstić information content (AvgIpc) is 2.95. The largest absolute Gasteiger partial charge is 0.481 e. The SMILES string of the molecule is O=C(Nc1ccn2ccnc2c1)NC1CCC(C(=O)O)CC1. The highest BCUT2D eigenvalue weighted by molar-refractivity contribution is 5.90. The summed E-state index contributed by atoms with van der Waals surface area (Å²) in [5.41, 5.74) is 1.44. The Morgan fingerprint density at radius 3 is 2.73 bits per heavy atom. The van der Waals surface area contributed by atoms with E-state index in [1.165, 1.54) is 0 Å². The minimum absolute atomic E-state index is 0.0331. The zero-order valence-electron chi connectivity index (χ0n) is 12.0. The van der Waals surface area contributed by atoms with Gasteiger partial charge in [0.25, 0.3) is 0 Å². The Bertz CT molecular complexity index is 689. The smallest absolute Gasteiger partial charge is 0.319 e. The number of hydrogen-bond acceptors (Lipinski definition) is 3. The first-order valence-electron chi connectivity index (χ1n) is 7.35. The van der Waals surface area contributed by atoms with Gasteiger partial charge in [-0.15, -0.1) is 0 Å². The second-order valence-corrected chi connectivity index (χ2v) is 5.59. The lowest BCUT2D eigenvalue weighted by Crippen LogP contribution is -2.40. The molecule has 2 amide bonds. The van der Waals surface area contributed by atoms with Gasteiger partial charge in [0.2, 0.25) is 0 Å². The van der Waals surface area contributed by atoms with E-state index in [2.05, 4.69) is 15.6 Å². The number of nitrogens with one attached hydrogen (secondary N) is 2. The maximum Gasteiger partial charge on any atom is 0.319 e. The molecular formula is C15H18N4O3. The normalized spacial score (nSPS) is 21.5. The molecular weight excluding hydrogens is 284 g/mol. The van der Waals surface area contributed by atoms with Crippen molar-refractivity contribution in [1.29, 1.82) is 0 Å². The minimum Gasteiger partial charge on any atom is -0.481 e. The van der Waals surface area contributed by atoms with Crippen molar-refractivity contribution in [3.63, 3.8) is 0 Å². The molecule has 2 heterocycles. The topological polar surface area (TPSA) is 95.7 Å². The number of fused-ring (bicyclic) bond motifs is 1. The first kappa shape index (κ1) is 14.4. The summed E-state index contributed by atoms with van der Waals surface area (Å²) in [5.74, 6) is -1.01. The quantitative estimate of drug-likeness (QED) is 0.809. The Labute approximate surface area is 127 Å². The second kappa shape index (κ2) is 6.05. The van der Waals surface area contributed by atoms with Gasteiger partial charge in [0, 0.05) is 36.4 Å². The van der Waals surface area contributed by atoms with E-state index in [9.17, 15) is 9.59 Å². The van der Waals surface area contributed by atoms with Crippen LogP contribution in [-0.2, 0) is 4.79 Å². The number of pyridine rings is 1. The number of amides is 2. The average molecular weight is 302 g/mol. The number of urea groups is 1. The van der Waals surface area contributed by atoms with Crippen LogP contribution in [0, 0.1) is 5.92 Å². The van der Waals surface area contributed by atoms with Gasteiger partial charge in [-0.2, -0.15) is 0 Å². The molecule has 3 rings (SSSR count). The Hall–Kier alpha value is -2.57. The zero-order chi connectivity index (χ0) is 15.5. The number of hydrogen-bond donors (Lipinski definition) is 3. The molecule has 0 bridgehead atoms. The number of carbonyl (C=O) groups is 2. The van der Waals surface area contributed by atoms with Gasteiger partial charge in [0.15, 0.2) is 0 Å². The van der Waals surface area contributed by atoms with Crippen LogP contribution in [-0.4, -0.2) is 32.5 Å². The lowest BCUT2D eigenvalue weighted by Gasteiger charge is -2.26. The third kappa shape index (κ3) is 3.19. The molecule has 116 valence electrons. The summed E-state index contributed by atoms with van der Waals surface area (Å²) in [6.45, 7) is 0. The molecule has 1 saturated carbocycles. The summed E-state index contributed by atoms with van der Waals surface area (Å²) in [5, 5.41) is 14.6. The lowest BCUT2D eigenvalue weighted by molar-refractivity contribution is -0.142. The summed E-state index contributed by atoms with van der Waals surface area (Å²) in [4.78, 5) is 27.1. The Kier molecular flexibility index (Phi) is 3.95. The van der Waals surface area contributed by atoms with Gasteiger partial charge in [0.05, 0.1) is 5.92 Å². The van der Waals surface area contributed by atoms with Gasteiger partial charge in [-0.3, -0.25) is 4.79 Å². The van der Waals surface area contributed by atoms with Gasteiger partial charge in [-0.25, -0.2) is 9.78 Å². The van der Waals surface area contributed by atoms with Crippen molar-refractivity contribution in [3.05, 3.63) is 30.7 Å². The van der Waals surface area contributed by atoms with Crippen molar-refractivity contribution in [2.75, 3.05) is 5.32 Å². The zero-order valence-corrected chi connectivity index (χ0v) is 12.0. The predicted octanol–water partition coefficient (Wildman–Crippen LogP) is 2.10. The summed E-state index contributed by atoms with van der Waals surface area (Å²) in [6, 6.07) is 3.36. The Morgan fingerprint density at radius 2 is 2.00 bits per heavy atom. The number of carboxylic acid groups (broad SMARTS) is 1. The number of imidazole rings is 1. The van der Waals surface area contributed by atoms with E-state index in [1.807, 2.05) is 16.8 Å². The molecule has 3 N–H and O–H groups in total. The molecule has 22 heavy (non-hydrogen) atoms. The van der Waals surface area contributed by atoms with Crippen molar-refractivity contribution < 1.29 is 14.7 Å². The maximum atomic E-state index is 12.0. The molecule has 2 aromatic heterocycles. The van der Waals surface area contributed by atoms with Crippen LogP contribution in [0.4, 0.5) is 10.5 Å². The van der Waals surface area contributed by atoms with Gasteiger partial charge < -0.3 is 20.1 Å². The fourth-order valence-corrected chi connectivity index (χ4v) is 2.83. The third-order valence-electron chi connectivity index (χ3n) is 4.07. The number of rotatable bonds is 3. The number of carboxylic acids is 1. The molecule has 1 aliphatic carbocycles. The molecule has 0 radical (unpaired) electrons. The fourth-order valence-electron chi connectivity index (χ4n) is 2.83. The van der Waals surface area contributed by atoms with E-state index >= 15 is 0 Å². The van der Waals surface area contributed by atoms with Crippen molar-refractivity contribution >= 4 is 23.3 Å². The Balaban J connectivity index is 1.53. The predicted molar refractivity (Wildman–Crippen MR) is 80.7 cm³/mol. The molecule has 1 fully saturated rings. The van der Waals surface area contributed by atoms with Crippen LogP contribution in [0.2, 0.25) is 0 Å². The molecule has 7 heteroatoms. The molecule has 7 nitrogen and oxygen atoms in total. The van der Waals surface area contributed by atoms with Crippen LogP contribution in [0.15, 0.2) is 30.7 Å². The molecule has 0 saturated heterocycles. The van der Waals surface area contributed by atoms with Crippen molar-refractivity contribution in [1.82, 2.24) is 14.7 Å². The summed E-state index contributed by atoms with van der Waals surface area (Å²) in [6.07, 6.45) is 7.98. The van der Waals surface area contributed by atoms with E-state index in [-0.39, 0.29) is 18.0 Å². The van der Waals surface area contributed by atoms with E-state index in [0.717, 1.165) is 5.65 Å². The lowest BCUT2D eigenvalue weighted by atomic mass is 9.86. The van der Waals surface area contributed by atoms with E-state index < -0.39 is 5.97 Å². The van der Waals surface area contributed by atoms with Gasteiger partial charge >= 0.3 is 12.0 Å². The highest BCUT2D eigenvalue weighted by Gasteiger charge is 2.26. The van der Waals surface area contributed by atoms with E-state index in [1.54, 1.807) is 18.3 Å². The number of aromatic nitrogens is 2. The first-order chi connectivity index (χ1) is 10.6. The van der Waals surface area contributed by atoms with Crippen LogP contribution in [0.5, 0.6) is 0 Å². The highest BCUT2D eigenvalue weighted by Crippen LogP contribution is 2.24. The van der Waals surface area contributed by atoms with Crippen molar-refractivity contribution in [2.45, 2.75) is 31.7 Å². The van der Waals surface area contributed by atoms with Crippen molar-refractivity contribution in [2.24, 2.45) is 5.92 Å². The van der Waals surface area contributed by atoms with Gasteiger partial charge in [-0.05, 0) is 31.7 Å². The van der Waals surface area contributed by atoms with Crippen LogP contribution < -0.4 is 10.6 Å². The standard InChI is InChI=1S/C15H18N4O3/c20-14(21)10-1-3-11(4-2-10)17-15(22)18-12-5-7-19-8-6-16-13(19)9-12/h5-11H,1-4H2,(H,20,21)(H2,17,18,22). The minimum atomic E-state index is -0.740. The second-order valence-electron chi connectivity index (χ2n) is 5.59. The fraction of sp³-hybridized carbons (Fsp3) is 0.400. The van der Waals surface area contributed by atoms with E-state index in [0.29, 0.717) is 31.4 Å². The van der Waals surface area contributed by atoms with E-state index in [4.69, 9.17) is 5.11 Å². The number of aliphatic carboxylic acids is 1. The summed E-state index contributed by atoms with van der Waals surface area (Å²) < 4.78 is 1.86. The van der Waals surface area contributed by atoms with Crippen LogP contribution in [0.3, 0.4) is 0 Å². The molecule has 0 aliphatic heterocycles. The third-order valence-corrected chi connectivity index (χ3v) is 4.07. The van der Waals surface area contributed by atoms with Gasteiger partial charge in [0.1, 0.15) is 5.65 Å². The summed E-state index contributed by atoms with van der Waals surface area (Å²) >= 11 is 0. The molecule has 1 aliphatic rings. The highest BCUT2D eigenvalue weighted by atomic mass is 16.4. The summed E-state index contributed by atoms with van der Waals surface area (Å²) in [7, 11) is 0. The number of nitrogens with zero attached hydrogens (tertiary/aromatic N) is 2.